The van der Waals surface area contributed by atoms with E-state index in [0.717, 1.165) is 32.8 Å². The van der Waals surface area contributed by atoms with Crippen LogP contribution in [0.5, 0.6) is 0 Å². The van der Waals surface area contributed by atoms with Crippen molar-refractivity contribution >= 4 is 40.2 Å². The number of nitrogens with two attached hydrogens (primary N) is 1. The van der Waals surface area contributed by atoms with E-state index in [1.807, 2.05) is 17.5 Å². The lowest BCUT2D eigenvalue weighted by molar-refractivity contribution is -0.121. The topological polar surface area (TPSA) is 68.0 Å². The Balaban J connectivity index is 1.58. The lowest BCUT2D eigenvalue weighted by atomic mass is 9.84. The molecule has 1 amide bonds. The lowest BCUT2D eigenvalue weighted by Crippen LogP contribution is -2.45. The summed E-state index contributed by atoms with van der Waals surface area (Å²) in [5.74, 6) is 0.448. The molecule has 1 aliphatic rings. The Labute approximate surface area is 149 Å². The summed E-state index contributed by atoms with van der Waals surface area (Å²) in [6.45, 7) is 0.644. The molecular weight excluding hydrogens is 350 g/mol. The fraction of sp³-hybridized carbons (Fsp3) is 0.500. The van der Waals surface area contributed by atoms with E-state index in [-0.39, 0.29) is 11.9 Å². The molecule has 23 heavy (non-hydrogen) atoms. The van der Waals surface area contributed by atoms with Crippen molar-refractivity contribution in [2.45, 2.75) is 38.1 Å². The summed E-state index contributed by atoms with van der Waals surface area (Å²) in [4.78, 5) is 17.9. The zero-order valence-corrected chi connectivity index (χ0v) is 15.1. The minimum absolute atomic E-state index is 0.0383. The Kier molecular flexibility index (Phi) is 5.69. The number of thiazole rings is 1. The monoisotopic (exact) mass is 369 g/mol. The van der Waals surface area contributed by atoms with Crippen LogP contribution in [0.3, 0.4) is 0 Å². The molecule has 0 radical (unpaired) electrons. The molecule has 7 heteroatoms. The third-order valence-electron chi connectivity index (χ3n) is 4.24. The van der Waals surface area contributed by atoms with Crippen molar-refractivity contribution in [3.05, 3.63) is 27.5 Å². The second kappa shape index (κ2) is 7.75. The van der Waals surface area contributed by atoms with Gasteiger partial charge in [-0.15, -0.1) is 22.7 Å². The molecule has 3 N–H and O–H groups in total. The van der Waals surface area contributed by atoms with Gasteiger partial charge in [-0.05, 0) is 37.4 Å². The summed E-state index contributed by atoms with van der Waals surface area (Å²) in [6, 6.07) is 4.05. The van der Waals surface area contributed by atoms with Gasteiger partial charge in [-0.3, -0.25) is 4.79 Å². The molecular formula is C16H20ClN3OS2. The second-order valence-electron chi connectivity index (χ2n) is 5.88. The van der Waals surface area contributed by atoms with Gasteiger partial charge >= 0.3 is 0 Å². The first-order valence-electron chi connectivity index (χ1n) is 7.85. The fourth-order valence-electron chi connectivity index (χ4n) is 3.03. The van der Waals surface area contributed by atoms with Crippen molar-refractivity contribution < 1.29 is 4.79 Å². The van der Waals surface area contributed by atoms with Gasteiger partial charge in [0, 0.05) is 11.4 Å². The number of amides is 1. The minimum Gasteiger partial charge on any atom is -0.353 e. The summed E-state index contributed by atoms with van der Waals surface area (Å²) in [6.07, 6.45) is 4.85. The highest BCUT2D eigenvalue weighted by Crippen LogP contribution is 2.33. The van der Waals surface area contributed by atoms with E-state index >= 15 is 0 Å². The van der Waals surface area contributed by atoms with Crippen LogP contribution in [-0.2, 0) is 11.2 Å². The quantitative estimate of drug-likeness (QED) is 0.844. The maximum atomic E-state index is 12.3. The standard InChI is InChI=1S/C16H20ClN3OS2/c17-14-6-5-13(23-14)16-19-11(9-22-16)7-15(21)20-12-4-2-1-3-10(12)8-18/h5-6,9-10,12H,1-4,7-8,18H2,(H,20,21). The average molecular weight is 370 g/mol. The van der Waals surface area contributed by atoms with Gasteiger partial charge in [-0.2, -0.15) is 0 Å². The number of rotatable bonds is 5. The van der Waals surface area contributed by atoms with Crippen LogP contribution in [0.15, 0.2) is 17.5 Å². The third kappa shape index (κ3) is 4.32. The highest BCUT2D eigenvalue weighted by Gasteiger charge is 2.25. The van der Waals surface area contributed by atoms with E-state index in [1.165, 1.54) is 24.2 Å². The van der Waals surface area contributed by atoms with Gasteiger partial charge in [-0.1, -0.05) is 24.4 Å². The van der Waals surface area contributed by atoms with E-state index in [0.29, 0.717) is 18.9 Å². The van der Waals surface area contributed by atoms with E-state index in [4.69, 9.17) is 17.3 Å². The SMILES string of the molecule is NCC1CCCCC1NC(=O)Cc1csc(-c2ccc(Cl)s2)n1. The molecule has 1 saturated carbocycles. The van der Waals surface area contributed by atoms with E-state index in [2.05, 4.69) is 10.3 Å². The van der Waals surface area contributed by atoms with Gasteiger partial charge in [0.25, 0.3) is 0 Å². The van der Waals surface area contributed by atoms with Crippen LogP contribution in [0.4, 0.5) is 0 Å². The van der Waals surface area contributed by atoms with Gasteiger partial charge in [0.05, 0.1) is 21.3 Å². The predicted octanol–water partition coefficient (Wildman–Crippen LogP) is 3.70. The van der Waals surface area contributed by atoms with Gasteiger partial charge in [0.2, 0.25) is 5.91 Å². The molecule has 0 spiro atoms. The number of carbonyl (C=O) groups excluding carboxylic acids is 1. The summed E-state index contributed by atoms with van der Waals surface area (Å²) >= 11 is 9.01. The molecule has 0 aliphatic heterocycles. The molecule has 1 fully saturated rings. The van der Waals surface area contributed by atoms with Crippen LogP contribution in [0.1, 0.15) is 31.4 Å². The van der Waals surface area contributed by atoms with Crippen LogP contribution in [0.25, 0.3) is 9.88 Å². The van der Waals surface area contributed by atoms with E-state index in [9.17, 15) is 4.79 Å². The Hall–Kier alpha value is -0.950. The third-order valence-corrected chi connectivity index (χ3v) is 6.53. The Morgan fingerprint density at radius 2 is 2.22 bits per heavy atom. The van der Waals surface area contributed by atoms with Crippen LogP contribution < -0.4 is 11.1 Å². The van der Waals surface area contributed by atoms with Crippen molar-refractivity contribution in [2.24, 2.45) is 11.7 Å². The maximum Gasteiger partial charge on any atom is 0.226 e. The molecule has 0 bridgehead atoms. The smallest absolute Gasteiger partial charge is 0.226 e. The second-order valence-corrected chi connectivity index (χ2v) is 8.45. The van der Waals surface area contributed by atoms with Gasteiger partial charge in [-0.25, -0.2) is 4.98 Å². The molecule has 3 rings (SSSR count). The molecule has 2 aromatic rings. The van der Waals surface area contributed by atoms with Crippen molar-refractivity contribution in [3.8, 4) is 9.88 Å². The van der Waals surface area contributed by atoms with E-state index < -0.39 is 0 Å². The van der Waals surface area contributed by atoms with Crippen LogP contribution >= 0.6 is 34.3 Å². The Morgan fingerprint density at radius 1 is 1.39 bits per heavy atom. The van der Waals surface area contributed by atoms with Crippen LogP contribution in [-0.4, -0.2) is 23.5 Å². The number of nitrogens with zero attached hydrogens (tertiary/aromatic N) is 1. The lowest BCUT2D eigenvalue weighted by Gasteiger charge is -2.31. The van der Waals surface area contributed by atoms with Crippen LogP contribution in [0.2, 0.25) is 4.34 Å². The largest absolute Gasteiger partial charge is 0.353 e. The first-order valence-corrected chi connectivity index (χ1v) is 9.92. The first-order chi connectivity index (χ1) is 11.2. The summed E-state index contributed by atoms with van der Waals surface area (Å²) in [7, 11) is 0. The van der Waals surface area contributed by atoms with Crippen molar-refractivity contribution in [3.63, 3.8) is 0 Å². The first kappa shape index (κ1) is 16.9. The van der Waals surface area contributed by atoms with Crippen LogP contribution in [0, 0.1) is 5.92 Å². The number of halogens is 1. The molecule has 2 heterocycles. The van der Waals surface area contributed by atoms with Gasteiger partial charge in [0.15, 0.2) is 0 Å². The molecule has 0 saturated heterocycles. The summed E-state index contributed by atoms with van der Waals surface area (Å²) < 4.78 is 0.750. The van der Waals surface area contributed by atoms with Crippen molar-refractivity contribution in [2.75, 3.05) is 6.54 Å². The number of nitrogens with one attached hydrogen (secondary N) is 1. The Morgan fingerprint density at radius 3 is 2.96 bits per heavy atom. The molecule has 2 atom stereocenters. The molecule has 4 nitrogen and oxygen atoms in total. The zero-order chi connectivity index (χ0) is 16.2. The van der Waals surface area contributed by atoms with Crippen molar-refractivity contribution in [1.82, 2.24) is 10.3 Å². The number of carbonyl (C=O) groups is 1. The molecule has 1 aliphatic carbocycles. The van der Waals surface area contributed by atoms with Crippen molar-refractivity contribution in [1.29, 1.82) is 0 Å². The van der Waals surface area contributed by atoms with E-state index in [1.54, 1.807) is 11.3 Å². The summed E-state index contributed by atoms with van der Waals surface area (Å²) in [5, 5.41) is 6.02. The normalized spacial score (nSPS) is 21.3. The number of aromatic nitrogens is 1. The summed E-state index contributed by atoms with van der Waals surface area (Å²) in [5.41, 5.74) is 6.63. The van der Waals surface area contributed by atoms with Gasteiger partial charge in [0.1, 0.15) is 5.01 Å². The maximum absolute atomic E-state index is 12.3. The number of thiophene rings is 1. The minimum atomic E-state index is 0.0383. The number of hydrogen-bond donors (Lipinski definition) is 2. The number of hydrogen-bond acceptors (Lipinski definition) is 5. The average Bonchev–Trinajstić information content (AvgIpc) is 3.16. The molecule has 2 unspecified atom stereocenters. The highest BCUT2D eigenvalue weighted by molar-refractivity contribution is 7.23. The molecule has 2 aromatic heterocycles. The van der Waals surface area contributed by atoms with Gasteiger partial charge < -0.3 is 11.1 Å². The predicted molar refractivity (Wildman–Crippen MR) is 97.1 cm³/mol. The molecule has 124 valence electrons. The Bertz CT molecular complexity index is 670. The molecule has 0 aromatic carbocycles. The fourth-order valence-corrected chi connectivity index (χ4v) is 4.97. The highest BCUT2D eigenvalue weighted by atomic mass is 35.5. The zero-order valence-electron chi connectivity index (χ0n) is 12.8.